The zero-order valence-corrected chi connectivity index (χ0v) is 15.5. The number of hydrogen-bond donors (Lipinski definition) is 1. The van der Waals surface area contributed by atoms with Crippen LogP contribution in [0.3, 0.4) is 0 Å². The Morgan fingerprint density at radius 3 is 2.50 bits per heavy atom. The maximum absolute atomic E-state index is 12.7. The third kappa shape index (κ3) is 4.00. The number of amides is 2. The summed E-state index contributed by atoms with van der Waals surface area (Å²) in [5.74, 6) is -0.538. The standard InChI is InChI=1S/C18H23N3O2S/c1-11-14(24-17(20-11)18(2,3)4)16(23)21(5)10-12-7-6-8-13(9-12)15(19)22/h6-9H,10H2,1-5H3,(H2,19,22). The fourth-order valence-electron chi connectivity index (χ4n) is 2.26. The molecule has 0 fully saturated rings. The van der Waals surface area contributed by atoms with E-state index in [1.807, 2.05) is 13.0 Å². The van der Waals surface area contributed by atoms with Gasteiger partial charge in [0.2, 0.25) is 5.91 Å². The Morgan fingerprint density at radius 2 is 1.96 bits per heavy atom. The number of nitrogens with two attached hydrogens (primary N) is 1. The van der Waals surface area contributed by atoms with Crippen LogP contribution in [0, 0.1) is 6.92 Å². The van der Waals surface area contributed by atoms with Gasteiger partial charge in [-0.1, -0.05) is 32.9 Å². The van der Waals surface area contributed by atoms with Crippen molar-refractivity contribution in [3.63, 3.8) is 0 Å². The van der Waals surface area contributed by atoms with Gasteiger partial charge in [0.05, 0.1) is 10.7 Å². The van der Waals surface area contributed by atoms with Gasteiger partial charge in [-0.2, -0.15) is 0 Å². The van der Waals surface area contributed by atoms with Crippen LogP contribution in [0.4, 0.5) is 0 Å². The molecular weight excluding hydrogens is 322 g/mol. The van der Waals surface area contributed by atoms with Crippen LogP contribution in [-0.2, 0) is 12.0 Å². The molecule has 2 N–H and O–H groups in total. The molecule has 6 heteroatoms. The highest BCUT2D eigenvalue weighted by molar-refractivity contribution is 7.14. The van der Waals surface area contributed by atoms with Crippen LogP contribution in [0.2, 0.25) is 0 Å². The maximum atomic E-state index is 12.7. The van der Waals surface area contributed by atoms with Crippen molar-refractivity contribution in [1.82, 2.24) is 9.88 Å². The van der Waals surface area contributed by atoms with Crippen molar-refractivity contribution in [2.24, 2.45) is 5.73 Å². The Morgan fingerprint density at radius 1 is 1.29 bits per heavy atom. The number of benzene rings is 1. The summed E-state index contributed by atoms with van der Waals surface area (Å²) in [6.07, 6.45) is 0. The number of aryl methyl sites for hydroxylation is 1. The molecule has 0 unspecified atom stereocenters. The van der Waals surface area contributed by atoms with Gasteiger partial charge in [-0.3, -0.25) is 9.59 Å². The zero-order valence-electron chi connectivity index (χ0n) is 14.7. The minimum Gasteiger partial charge on any atom is -0.366 e. The molecule has 2 rings (SSSR count). The van der Waals surface area contributed by atoms with Crippen molar-refractivity contribution in [3.8, 4) is 0 Å². The number of carbonyl (C=O) groups is 2. The topological polar surface area (TPSA) is 76.3 Å². The second-order valence-electron chi connectivity index (χ2n) is 6.91. The van der Waals surface area contributed by atoms with Crippen LogP contribution in [0.25, 0.3) is 0 Å². The lowest BCUT2D eigenvalue weighted by atomic mass is 9.98. The first-order valence-electron chi connectivity index (χ1n) is 7.71. The Balaban J connectivity index is 2.20. The molecule has 0 aliphatic heterocycles. The van der Waals surface area contributed by atoms with Gasteiger partial charge in [0.25, 0.3) is 5.91 Å². The van der Waals surface area contributed by atoms with E-state index < -0.39 is 5.91 Å². The molecule has 2 aromatic rings. The van der Waals surface area contributed by atoms with Gasteiger partial charge in [-0.15, -0.1) is 11.3 Å². The van der Waals surface area contributed by atoms with E-state index in [2.05, 4.69) is 25.8 Å². The van der Waals surface area contributed by atoms with Crippen molar-refractivity contribution in [2.75, 3.05) is 7.05 Å². The number of aromatic nitrogens is 1. The average molecular weight is 345 g/mol. The van der Waals surface area contributed by atoms with Crippen molar-refractivity contribution in [2.45, 2.75) is 39.7 Å². The first-order chi connectivity index (χ1) is 11.1. The lowest BCUT2D eigenvalue weighted by Crippen LogP contribution is -2.26. The highest BCUT2D eigenvalue weighted by Gasteiger charge is 2.24. The lowest BCUT2D eigenvalue weighted by molar-refractivity contribution is 0.0789. The van der Waals surface area contributed by atoms with Gasteiger partial charge in [-0.25, -0.2) is 4.98 Å². The largest absolute Gasteiger partial charge is 0.366 e. The van der Waals surface area contributed by atoms with Gasteiger partial charge in [0.1, 0.15) is 4.88 Å². The van der Waals surface area contributed by atoms with E-state index >= 15 is 0 Å². The first-order valence-corrected chi connectivity index (χ1v) is 8.53. The highest BCUT2D eigenvalue weighted by atomic mass is 32.1. The summed E-state index contributed by atoms with van der Waals surface area (Å²) in [5, 5.41) is 0.951. The van der Waals surface area contributed by atoms with Crippen LogP contribution in [-0.4, -0.2) is 28.7 Å². The van der Waals surface area contributed by atoms with Gasteiger partial charge in [0.15, 0.2) is 0 Å². The molecule has 0 radical (unpaired) electrons. The predicted octanol–water partition coefficient (Wildman–Crippen LogP) is 3.12. The molecule has 1 aromatic carbocycles. The van der Waals surface area contributed by atoms with Crippen LogP contribution in [0.1, 0.15) is 57.1 Å². The Hall–Kier alpha value is -2.21. The summed E-state index contributed by atoms with van der Waals surface area (Å²) < 4.78 is 0. The molecule has 0 saturated heterocycles. The summed E-state index contributed by atoms with van der Waals surface area (Å²) in [7, 11) is 1.75. The zero-order chi connectivity index (χ0) is 18.1. The highest BCUT2D eigenvalue weighted by Crippen LogP contribution is 2.30. The summed E-state index contributed by atoms with van der Waals surface area (Å²) in [5.41, 5.74) is 7.28. The van der Waals surface area contributed by atoms with Crippen molar-refractivity contribution in [3.05, 3.63) is 51.0 Å². The fraction of sp³-hybridized carbons (Fsp3) is 0.389. The SMILES string of the molecule is Cc1nc(C(C)(C)C)sc1C(=O)N(C)Cc1cccc(C(N)=O)c1. The fourth-order valence-corrected chi connectivity index (χ4v) is 3.38. The molecule has 128 valence electrons. The van der Waals surface area contributed by atoms with Crippen LogP contribution in [0.15, 0.2) is 24.3 Å². The van der Waals surface area contributed by atoms with Gasteiger partial charge in [0, 0.05) is 24.6 Å². The van der Waals surface area contributed by atoms with Gasteiger partial charge in [-0.05, 0) is 24.6 Å². The molecule has 1 heterocycles. The summed E-state index contributed by atoms with van der Waals surface area (Å²) in [4.78, 5) is 30.8. The van der Waals surface area contributed by atoms with Crippen LogP contribution < -0.4 is 5.73 Å². The van der Waals surface area contributed by atoms with E-state index in [1.54, 1.807) is 30.1 Å². The van der Waals surface area contributed by atoms with Crippen molar-refractivity contribution in [1.29, 1.82) is 0 Å². The number of nitrogens with zero attached hydrogens (tertiary/aromatic N) is 2. The number of hydrogen-bond acceptors (Lipinski definition) is 4. The number of thiazole rings is 1. The second-order valence-corrected chi connectivity index (χ2v) is 7.91. The minimum absolute atomic E-state index is 0.0648. The van der Waals surface area contributed by atoms with E-state index in [1.165, 1.54) is 11.3 Å². The molecule has 0 saturated carbocycles. The van der Waals surface area contributed by atoms with Gasteiger partial charge < -0.3 is 10.6 Å². The Bertz CT molecular complexity index is 775. The molecule has 0 bridgehead atoms. The Labute approximate surface area is 146 Å². The molecule has 0 aliphatic carbocycles. The molecule has 0 spiro atoms. The van der Waals surface area contributed by atoms with E-state index in [-0.39, 0.29) is 11.3 Å². The second kappa shape index (κ2) is 6.73. The summed E-state index contributed by atoms with van der Waals surface area (Å²) in [6, 6.07) is 7.02. The number of rotatable bonds is 4. The van der Waals surface area contributed by atoms with E-state index in [0.29, 0.717) is 17.0 Å². The van der Waals surface area contributed by atoms with Crippen LogP contribution >= 0.6 is 11.3 Å². The average Bonchev–Trinajstić information content (AvgIpc) is 2.88. The number of carbonyl (C=O) groups excluding carboxylic acids is 2. The molecule has 1 aromatic heterocycles. The normalized spacial score (nSPS) is 11.4. The molecule has 5 nitrogen and oxygen atoms in total. The first kappa shape index (κ1) is 18.1. The summed E-state index contributed by atoms with van der Waals surface area (Å²) in [6.45, 7) is 8.51. The molecule has 24 heavy (non-hydrogen) atoms. The number of primary amides is 1. The molecule has 0 aliphatic rings. The third-order valence-corrected chi connectivity index (χ3v) is 5.18. The maximum Gasteiger partial charge on any atom is 0.265 e. The van der Waals surface area contributed by atoms with Crippen molar-refractivity contribution >= 4 is 23.2 Å². The Kier molecular flexibility index (Phi) is 5.08. The quantitative estimate of drug-likeness (QED) is 0.925. The predicted molar refractivity (Wildman–Crippen MR) is 96.3 cm³/mol. The lowest BCUT2D eigenvalue weighted by Gasteiger charge is -2.17. The van der Waals surface area contributed by atoms with E-state index in [9.17, 15) is 9.59 Å². The molecular formula is C18H23N3O2S. The van der Waals surface area contributed by atoms with Crippen molar-refractivity contribution < 1.29 is 9.59 Å². The molecule has 0 atom stereocenters. The van der Waals surface area contributed by atoms with Gasteiger partial charge >= 0.3 is 0 Å². The monoisotopic (exact) mass is 345 g/mol. The van der Waals surface area contributed by atoms with Crippen LogP contribution in [0.5, 0.6) is 0 Å². The van der Waals surface area contributed by atoms with E-state index in [4.69, 9.17) is 5.73 Å². The van der Waals surface area contributed by atoms with E-state index in [0.717, 1.165) is 16.3 Å². The third-order valence-electron chi connectivity index (χ3n) is 3.61. The minimum atomic E-state index is -0.473. The smallest absolute Gasteiger partial charge is 0.265 e. The summed E-state index contributed by atoms with van der Waals surface area (Å²) >= 11 is 1.45. The molecule has 2 amide bonds.